The first kappa shape index (κ1) is 20.1. The molecule has 2 rings (SSSR count). The largest absolute Gasteiger partial charge is 0.508 e. The molecule has 1 amide bonds. The number of hydrogen-bond acceptors (Lipinski definition) is 4. The number of nitrogens with one attached hydrogen (secondary N) is 2. The Kier molecular flexibility index (Phi) is 10.2. The van der Waals surface area contributed by atoms with E-state index in [2.05, 4.69) is 10.6 Å². The van der Waals surface area contributed by atoms with Gasteiger partial charge in [0.2, 0.25) is 5.91 Å². The van der Waals surface area contributed by atoms with E-state index in [1.165, 1.54) is 50.3 Å². The van der Waals surface area contributed by atoms with Crippen LogP contribution in [-0.2, 0) is 4.79 Å². The molecule has 4 nitrogen and oxygen atoms in total. The maximum Gasteiger partial charge on any atom is 0.230 e. The van der Waals surface area contributed by atoms with E-state index in [-0.39, 0.29) is 24.1 Å². The van der Waals surface area contributed by atoms with Gasteiger partial charge in [-0.05, 0) is 37.1 Å². The van der Waals surface area contributed by atoms with Gasteiger partial charge in [0.15, 0.2) is 0 Å². The number of aromatic hydroxyl groups is 1. The van der Waals surface area contributed by atoms with E-state index in [1.54, 1.807) is 12.1 Å². The summed E-state index contributed by atoms with van der Waals surface area (Å²) in [5.74, 6) is 0.716. The predicted octanol–water partition coefficient (Wildman–Crippen LogP) is 3.33. The summed E-state index contributed by atoms with van der Waals surface area (Å²) in [5.41, 5.74) is 0. The quantitative estimate of drug-likeness (QED) is 0.397. The van der Waals surface area contributed by atoms with Crippen molar-refractivity contribution in [2.45, 2.75) is 49.5 Å². The summed E-state index contributed by atoms with van der Waals surface area (Å²) in [6.07, 6.45) is 7.92. The molecule has 1 fully saturated rings. The van der Waals surface area contributed by atoms with Crippen molar-refractivity contribution in [3.05, 3.63) is 24.3 Å². The van der Waals surface area contributed by atoms with Crippen LogP contribution in [0.15, 0.2) is 29.2 Å². The Bertz CT molecular complexity index is 448. The van der Waals surface area contributed by atoms with Crippen molar-refractivity contribution >= 4 is 30.1 Å². The molecule has 0 aliphatic heterocycles. The molecule has 1 aromatic carbocycles. The van der Waals surface area contributed by atoms with Crippen LogP contribution in [0.2, 0.25) is 0 Å². The van der Waals surface area contributed by atoms with Crippen molar-refractivity contribution in [2.24, 2.45) is 0 Å². The topological polar surface area (TPSA) is 61.4 Å². The molecule has 3 N–H and O–H groups in total. The lowest BCUT2D eigenvalue weighted by molar-refractivity contribution is -0.118. The standard InChI is InChI=1S/C17H26N2O2S.ClH/c20-15-7-9-16(10-8-15)22-13-17(21)19-12-11-18-14-5-3-1-2-4-6-14;/h7-10,14,18,20H,1-6,11-13H2,(H,19,21);1H. The molecule has 1 saturated carbocycles. The normalized spacial score (nSPS) is 15.5. The van der Waals surface area contributed by atoms with Crippen LogP contribution < -0.4 is 10.6 Å². The van der Waals surface area contributed by atoms with Gasteiger partial charge in [-0.15, -0.1) is 24.2 Å². The van der Waals surface area contributed by atoms with Crippen molar-refractivity contribution in [1.29, 1.82) is 0 Å². The van der Waals surface area contributed by atoms with E-state index < -0.39 is 0 Å². The molecule has 0 spiro atoms. The first-order chi connectivity index (χ1) is 10.7. The summed E-state index contributed by atoms with van der Waals surface area (Å²) < 4.78 is 0. The molecule has 0 bridgehead atoms. The SMILES string of the molecule is Cl.O=C(CSc1ccc(O)cc1)NCCNC1CCCCCC1. The molecule has 0 heterocycles. The molecular weight excluding hydrogens is 332 g/mol. The molecule has 0 atom stereocenters. The Morgan fingerprint density at radius 3 is 2.39 bits per heavy atom. The zero-order valence-corrected chi connectivity index (χ0v) is 15.1. The van der Waals surface area contributed by atoms with E-state index in [0.29, 0.717) is 18.3 Å². The van der Waals surface area contributed by atoms with Gasteiger partial charge in [-0.25, -0.2) is 0 Å². The Balaban J connectivity index is 0.00000264. The number of carbonyl (C=O) groups excluding carboxylic acids is 1. The lowest BCUT2D eigenvalue weighted by atomic mass is 10.1. The minimum Gasteiger partial charge on any atom is -0.508 e. The fourth-order valence-electron chi connectivity index (χ4n) is 2.70. The van der Waals surface area contributed by atoms with Gasteiger partial charge in [-0.3, -0.25) is 4.79 Å². The number of hydrogen-bond donors (Lipinski definition) is 3. The second-order valence-corrected chi connectivity index (χ2v) is 6.82. The number of phenolic OH excluding ortho intramolecular Hbond substituents is 1. The van der Waals surface area contributed by atoms with E-state index in [0.717, 1.165) is 11.4 Å². The van der Waals surface area contributed by atoms with E-state index in [9.17, 15) is 9.90 Å². The van der Waals surface area contributed by atoms with Crippen molar-refractivity contribution in [3.8, 4) is 5.75 Å². The first-order valence-corrected chi connectivity index (χ1v) is 9.14. The van der Waals surface area contributed by atoms with Gasteiger partial charge in [-0.2, -0.15) is 0 Å². The van der Waals surface area contributed by atoms with Crippen molar-refractivity contribution in [2.75, 3.05) is 18.8 Å². The summed E-state index contributed by atoms with van der Waals surface area (Å²) in [5, 5.41) is 15.7. The minimum absolute atomic E-state index is 0. The molecule has 0 radical (unpaired) electrons. The zero-order chi connectivity index (χ0) is 15.6. The third-order valence-electron chi connectivity index (χ3n) is 3.94. The molecule has 23 heavy (non-hydrogen) atoms. The number of rotatable bonds is 7. The molecule has 0 saturated heterocycles. The molecular formula is C17H27ClN2O2S. The van der Waals surface area contributed by atoms with Crippen LogP contribution in [0.3, 0.4) is 0 Å². The maximum atomic E-state index is 11.8. The number of amides is 1. The van der Waals surface area contributed by atoms with E-state index in [1.807, 2.05) is 12.1 Å². The highest BCUT2D eigenvalue weighted by atomic mass is 35.5. The lowest BCUT2D eigenvalue weighted by Gasteiger charge is -2.16. The monoisotopic (exact) mass is 358 g/mol. The molecule has 130 valence electrons. The van der Waals surface area contributed by atoms with Gasteiger partial charge in [-0.1, -0.05) is 25.7 Å². The van der Waals surface area contributed by atoms with Gasteiger partial charge in [0, 0.05) is 24.0 Å². The van der Waals surface area contributed by atoms with Crippen LogP contribution in [0, 0.1) is 0 Å². The molecule has 1 aliphatic rings. The average Bonchev–Trinajstić information content (AvgIpc) is 2.80. The number of phenols is 1. The van der Waals surface area contributed by atoms with Crippen LogP contribution in [0.5, 0.6) is 5.75 Å². The second kappa shape index (κ2) is 11.6. The summed E-state index contributed by atoms with van der Waals surface area (Å²) in [7, 11) is 0. The highest BCUT2D eigenvalue weighted by Gasteiger charge is 2.11. The molecule has 1 aliphatic carbocycles. The van der Waals surface area contributed by atoms with Gasteiger partial charge < -0.3 is 15.7 Å². The Morgan fingerprint density at radius 1 is 1.09 bits per heavy atom. The Hall–Kier alpha value is -0.910. The second-order valence-electron chi connectivity index (χ2n) is 5.78. The number of benzene rings is 1. The zero-order valence-electron chi connectivity index (χ0n) is 13.4. The predicted molar refractivity (Wildman–Crippen MR) is 98.6 cm³/mol. The summed E-state index contributed by atoms with van der Waals surface area (Å²) in [4.78, 5) is 12.8. The van der Waals surface area contributed by atoms with Gasteiger partial charge in [0.05, 0.1) is 5.75 Å². The molecule has 0 unspecified atom stereocenters. The van der Waals surface area contributed by atoms with Crippen LogP contribution in [0.4, 0.5) is 0 Å². The Labute approximate surface area is 149 Å². The number of halogens is 1. The maximum absolute atomic E-state index is 11.8. The number of carbonyl (C=O) groups is 1. The number of thioether (sulfide) groups is 1. The summed E-state index contributed by atoms with van der Waals surface area (Å²) in [6, 6.07) is 7.54. The third kappa shape index (κ3) is 8.49. The van der Waals surface area contributed by atoms with E-state index in [4.69, 9.17) is 0 Å². The van der Waals surface area contributed by atoms with Crippen molar-refractivity contribution in [3.63, 3.8) is 0 Å². The summed E-state index contributed by atoms with van der Waals surface area (Å²) in [6.45, 7) is 1.53. The van der Waals surface area contributed by atoms with Crippen LogP contribution in [-0.4, -0.2) is 35.9 Å². The van der Waals surface area contributed by atoms with Crippen LogP contribution in [0.25, 0.3) is 0 Å². The smallest absolute Gasteiger partial charge is 0.230 e. The van der Waals surface area contributed by atoms with Crippen molar-refractivity contribution < 1.29 is 9.90 Å². The molecule has 1 aromatic rings. The fraction of sp³-hybridized carbons (Fsp3) is 0.588. The minimum atomic E-state index is 0. The van der Waals surface area contributed by atoms with Gasteiger partial charge >= 0.3 is 0 Å². The van der Waals surface area contributed by atoms with Crippen LogP contribution in [0.1, 0.15) is 38.5 Å². The highest BCUT2D eigenvalue weighted by Crippen LogP contribution is 2.20. The van der Waals surface area contributed by atoms with E-state index >= 15 is 0 Å². The lowest BCUT2D eigenvalue weighted by Crippen LogP contribution is -2.37. The first-order valence-electron chi connectivity index (χ1n) is 8.16. The molecule has 6 heteroatoms. The van der Waals surface area contributed by atoms with Crippen molar-refractivity contribution in [1.82, 2.24) is 10.6 Å². The third-order valence-corrected chi connectivity index (χ3v) is 4.95. The molecule has 0 aromatic heterocycles. The Morgan fingerprint density at radius 2 is 1.74 bits per heavy atom. The summed E-state index contributed by atoms with van der Waals surface area (Å²) >= 11 is 1.48. The van der Waals surface area contributed by atoms with Gasteiger partial charge in [0.25, 0.3) is 0 Å². The average molecular weight is 359 g/mol. The fourth-order valence-corrected chi connectivity index (χ4v) is 3.43. The van der Waals surface area contributed by atoms with Gasteiger partial charge in [0.1, 0.15) is 5.75 Å². The van der Waals surface area contributed by atoms with Crippen LogP contribution >= 0.6 is 24.2 Å². The highest BCUT2D eigenvalue weighted by molar-refractivity contribution is 8.00.